The Bertz CT molecular complexity index is 451. The average molecular weight is 273 g/mol. The highest BCUT2D eigenvalue weighted by Crippen LogP contribution is 2.21. The van der Waals surface area contributed by atoms with Crippen LogP contribution in [0, 0.1) is 17.0 Å². The molecular formula is C11H13ClN2O4. The number of alkyl halides is 1. The van der Waals surface area contributed by atoms with Gasteiger partial charge in [-0.25, -0.2) is 4.79 Å². The lowest BCUT2D eigenvalue weighted by atomic mass is 10.2. The van der Waals surface area contributed by atoms with Gasteiger partial charge >= 0.3 is 6.09 Å². The third-order valence-electron chi connectivity index (χ3n) is 2.17. The van der Waals surface area contributed by atoms with E-state index >= 15 is 0 Å². The number of benzene rings is 1. The zero-order valence-corrected chi connectivity index (χ0v) is 10.6. The van der Waals surface area contributed by atoms with Gasteiger partial charge < -0.3 is 4.74 Å². The number of hydrogen-bond donors (Lipinski definition) is 1. The van der Waals surface area contributed by atoms with Crippen LogP contribution in [-0.2, 0) is 4.74 Å². The van der Waals surface area contributed by atoms with Gasteiger partial charge in [0, 0.05) is 23.7 Å². The fourth-order valence-corrected chi connectivity index (χ4v) is 1.38. The Balaban J connectivity index is 2.62. The zero-order valence-electron chi connectivity index (χ0n) is 9.81. The smallest absolute Gasteiger partial charge is 0.411 e. The maximum atomic E-state index is 11.3. The van der Waals surface area contributed by atoms with E-state index < -0.39 is 11.0 Å². The number of non-ortho nitro benzene ring substituents is 1. The van der Waals surface area contributed by atoms with Crippen molar-refractivity contribution in [1.82, 2.24) is 0 Å². The lowest BCUT2D eigenvalue weighted by Crippen LogP contribution is -2.15. The summed E-state index contributed by atoms with van der Waals surface area (Å²) in [6, 6.07) is 4.17. The molecule has 98 valence electrons. The maximum absolute atomic E-state index is 11.3. The number of aryl methyl sites for hydroxylation is 1. The minimum absolute atomic E-state index is 0.0199. The highest BCUT2D eigenvalue weighted by atomic mass is 35.5. The van der Waals surface area contributed by atoms with Crippen molar-refractivity contribution in [3.05, 3.63) is 33.9 Å². The number of carbonyl (C=O) groups excluding carboxylic acids is 1. The molecule has 0 aliphatic rings. The van der Waals surface area contributed by atoms with Crippen molar-refractivity contribution in [2.75, 3.05) is 17.8 Å². The molecule has 0 bridgehead atoms. The summed E-state index contributed by atoms with van der Waals surface area (Å²) in [4.78, 5) is 21.4. The predicted octanol–water partition coefficient (Wildman–Crippen LogP) is 3.08. The first-order valence-corrected chi connectivity index (χ1v) is 5.83. The van der Waals surface area contributed by atoms with Crippen LogP contribution < -0.4 is 5.32 Å². The van der Waals surface area contributed by atoms with Crippen LogP contribution in [0.1, 0.15) is 12.0 Å². The zero-order chi connectivity index (χ0) is 13.5. The SMILES string of the molecule is Cc1cc([N+](=O)[O-])ccc1NC(=O)OCCCCl. The van der Waals surface area contributed by atoms with Gasteiger partial charge in [0.25, 0.3) is 5.69 Å². The standard InChI is InChI=1S/C11H13ClN2O4/c1-8-7-9(14(16)17)3-4-10(8)13-11(15)18-6-2-5-12/h3-4,7H,2,5-6H2,1H3,(H,13,15). The van der Waals surface area contributed by atoms with Gasteiger partial charge in [-0.15, -0.1) is 11.6 Å². The van der Waals surface area contributed by atoms with E-state index in [0.29, 0.717) is 23.6 Å². The summed E-state index contributed by atoms with van der Waals surface area (Å²) in [6.07, 6.45) is -0.0223. The fraction of sp³-hybridized carbons (Fsp3) is 0.364. The fourth-order valence-electron chi connectivity index (χ4n) is 1.27. The topological polar surface area (TPSA) is 81.5 Å². The summed E-state index contributed by atoms with van der Waals surface area (Å²) < 4.78 is 4.85. The number of nitro groups is 1. The van der Waals surface area contributed by atoms with E-state index in [2.05, 4.69) is 5.32 Å². The number of ether oxygens (including phenoxy) is 1. The number of nitro benzene ring substituents is 1. The first-order chi connectivity index (χ1) is 8.54. The molecule has 0 spiro atoms. The Kier molecular flexibility index (Phi) is 5.38. The summed E-state index contributed by atoms with van der Waals surface area (Å²) in [5.74, 6) is 0.420. The lowest BCUT2D eigenvalue weighted by Gasteiger charge is -2.08. The summed E-state index contributed by atoms with van der Waals surface area (Å²) >= 11 is 5.44. The van der Waals surface area contributed by atoms with Crippen LogP contribution in [0.2, 0.25) is 0 Å². The molecule has 1 aromatic carbocycles. The highest BCUT2D eigenvalue weighted by molar-refractivity contribution is 6.17. The van der Waals surface area contributed by atoms with Crippen LogP contribution in [0.25, 0.3) is 0 Å². The average Bonchev–Trinajstić information content (AvgIpc) is 2.32. The quantitative estimate of drug-likeness (QED) is 0.386. The van der Waals surface area contributed by atoms with Crippen molar-refractivity contribution in [1.29, 1.82) is 0 Å². The van der Waals surface area contributed by atoms with Gasteiger partial charge in [0.05, 0.1) is 11.5 Å². The normalized spacial score (nSPS) is 9.89. The van der Waals surface area contributed by atoms with Gasteiger partial charge in [0.1, 0.15) is 0 Å². The number of hydrogen-bond acceptors (Lipinski definition) is 4. The number of carbonyl (C=O) groups is 1. The van der Waals surface area contributed by atoms with Crippen molar-refractivity contribution in [3.8, 4) is 0 Å². The van der Waals surface area contributed by atoms with Gasteiger partial charge in [-0.05, 0) is 25.0 Å². The minimum Gasteiger partial charge on any atom is -0.449 e. The van der Waals surface area contributed by atoms with Gasteiger partial charge in [-0.1, -0.05) is 0 Å². The second kappa shape index (κ2) is 6.80. The monoisotopic (exact) mass is 272 g/mol. The number of nitrogens with one attached hydrogen (secondary N) is 1. The molecule has 0 unspecified atom stereocenters. The Morgan fingerprint density at radius 3 is 2.83 bits per heavy atom. The second-order valence-electron chi connectivity index (χ2n) is 3.56. The molecule has 0 saturated heterocycles. The van der Waals surface area contributed by atoms with Crippen LogP contribution in [0.3, 0.4) is 0 Å². The van der Waals surface area contributed by atoms with Crippen LogP contribution in [0.15, 0.2) is 18.2 Å². The number of halogens is 1. The van der Waals surface area contributed by atoms with Crippen molar-refractivity contribution in [2.24, 2.45) is 0 Å². The summed E-state index contributed by atoms with van der Waals surface area (Å²) in [5.41, 5.74) is 1.06. The lowest BCUT2D eigenvalue weighted by molar-refractivity contribution is -0.384. The maximum Gasteiger partial charge on any atom is 0.411 e. The molecule has 1 aromatic rings. The Morgan fingerprint density at radius 1 is 1.56 bits per heavy atom. The molecule has 0 atom stereocenters. The van der Waals surface area contributed by atoms with Crippen molar-refractivity contribution in [2.45, 2.75) is 13.3 Å². The predicted molar refractivity (Wildman–Crippen MR) is 68.1 cm³/mol. The van der Waals surface area contributed by atoms with E-state index in [-0.39, 0.29) is 12.3 Å². The number of anilines is 1. The molecule has 0 radical (unpaired) electrons. The van der Waals surface area contributed by atoms with Crippen LogP contribution in [0.4, 0.5) is 16.2 Å². The summed E-state index contributed by atoms with van der Waals surface area (Å²) in [7, 11) is 0. The van der Waals surface area contributed by atoms with Gasteiger partial charge in [0.15, 0.2) is 0 Å². The summed E-state index contributed by atoms with van der Waals surface area (Å²) in [5, 5.41) is 13.1. The molecule has 18 heavy (non-hydrogen) atoms. The Hall–Kier alpha value is -1.82. The first-order valence-electron chi connectivity index (χ1n) is 5.29. The molecule has 0 saturated carbocycles. The highest BCUT2D eigenvalue weighted by Gasteiger charge is 2.10. The van der Waals surface area contributed by atoms with E-state index in [0.717, 1.165) is 0 Å². The number of amides is 1. The Labute approximate surface area is 109 Å². The minimum atomic E-state index is -0.600. The Morgan fingerprint density at radius 2 is 2.28 bits per heavy atom. The second-order valence-corrected chi connectivity index (χ2v) is 3.94. The van der Waals surface area contributed by atoms with Crippen LogP contribution in [-0.4, -0.2) is 23.5 Å². The molecule has 0 fully saturated rings. The molecular weight excluding hydrogens is 260 g/mol. The van der Waals surface area contributed by atoms with E-state index in [4.69, 9.17) is 16.3 Å². The number of rotatable bonds is 5. The molecule has 1 rings (SSSR count). The molecule has 1 amide bonds. The third kappa shape index (κ3) is 4.21. The number of nitrogens with zero attached hydrogens (tertiary/aromatic N) is 1. The van der Waals surface area contributed by atoms with Gasteiger partial charge in [-0.3, -0.25) is 15.4 Å². The van der Waals surface area contributed by atoms with Crippen molar-refractivity contribution < 1.29 is 14.5 Å². The van der Waals surface area contributed by atoms with E-state index in [1.165, 1.54) is 18.2 Å². The summed E-state index contributed by atoms with van der Waals surface area (Å²) in [6.45, 7) is 1.91. The van der Waals surface area contributed by atoms with Crippen molar-refractivity contribution in [3.63, 3.8) is 0 Å². The van der Waals surface area contributed by atoms with Crippen LogP contribution in [0.5, 0.6) is 0 Å². The molecule has 0 aliphatic carbocycles. The van der Waals surface area contributed by atoms with E-state index in [1.54, 1.807) is 6.92 Å². The molecule has 0 aliphatic heterocycles. The molecule has 0 heterocycles. The van der Waals surface area contributed by atoms with Crippen molar-refractivity contribution >= 4 is 29.1 Å². The van der Waals surface area contributed by atoms with E-state index in [9.17, 15) is 14.9 Å². The van der Waals surface area contributed by atoms with E-state index in [1.807, 2.05) is 0 Å². The molecule has 7 heteroatoms. The van der Waals surface area contributed by atoms with Gasteiger partial charge in [-0.2, -0.15) is 0 Å². The largest absolute Gasteiger partial charge is 0.449 e. The van der Waals surface area contributed by atoms with Crippen LogP contribution >= 0.6 is 11.6 Å². The van der Waals surface area contributed by atoms with Gasteiger partial charge in [0.2, 0.25) is 0 Å². The third-order valence-corrected chi connectivity index (χ3v) is 2.44. The molecule has 6 nitrogen and oxygen atoms in total. The molecule has 0 aromatic heterocycles. The first kappa shape index (κ1) is 14.2. The molecule has 1 N–H and O–H groups in total.